The number of unbranched alkanes of at least 4 members (excludes halogenated alkanes) is 2. The van der Waals surface area contributed by atoms with Crippen molar-refractivity contribution in [1.29, 1.82) is 0 Å². The quantitative estimate of drug-likeness (QED) is 0.0195. The Morgan fingerprint density at radius 1 is 0.623 bits per heavy atom. The summed E-state index contributed by atoms with van der Waals surface area (Å²) in [6, 6.07) is 8.29. The molecule has 2 aromatic carbocycles. The van der Waals surface area contributed by atoms with Gasteiger partial charge in [0.15, 0.2) is 0 Å². The first-order valence-electron chi connectivity index (χ1n) is 16.9. The summed E-state index contributed by atoms with van der Waals surface area (Å²) in [5.74, 6) is -1.43. The van der Waals surface area contributed by atoms with Crippen LogP contribution in [0.5, 0.6) is 23.0 Å². The van der Waals surface area contributed by atoms with Crippen LogP contribution in [0.3, 0.4) is 0 Å². The van der Waals surface area contributed by atoms with Crippen molar-refractivity contribution in [2.45, 2.75) is 58.3 Å². The summed E-state index contributed by atoms with van der Waals surface area (Å²) >= 11 is 12.6. The van der Waals surface area contributed by atoms with Gasteiger partial charge in [0.05, 0.1) is 48.3 Å². The van der Waals surface area contributed by atoms with Crippen LogP contribution < -0.4 is 18.9 Å². The molecule has 1 aliphatic carbocycles. The third kappa shape index (κ3) is 15.2. The van der Waals surface area contributed by atoms with Gasteiger partial charge in [-0.3, -0.25) is 9.59 Å². The van der Waals surface area contributed by atoms with Crippen molar-refractivity contribution < 1.29 is 61.9 Å². The standard InChI is InChI=1S/C38H42Cl2O13/c1-4-27(5-2)46-19-7-9-21-48-37(44)50-28-15-17-32(30(39)23-28)52-35(42)25-11-13-26(14-12-25)36(43)53-33-18-16-29(24-31(33)40)51-38(45)49-22-10-8-20-47-34(41)6-3/h4-6,15-18,23-26H,1,3,7-14,19-22H2,2H3/t25-,26-. The first kappa shape index (κ1) is 42.4. The van der Waals surface area contributed by atoms with Crippen LogP contribution in [0.2, 0.25) is 10.0 Å². The van der Waals surface area contributed by atoms with Gasteiger partial charge in [0.1, 0.15) is 28.8 Å². The fourth-order valence-corrected chi connectivity index (χ4v) is 5.27. The lowest BCUT2D eigenvalue weighted by Gasteiger charge is -2.26. The number of halogens is 2. The van der Waals surface area contributed by atoms with Gasteiger partial charge in [0, 0.05) is 18.2 Å². The van der Waals surface area contributed by atoms with E-state index in [-0.39, 0.29) is 52.9 Å². The Morgan fingerprint density at radius 3 is 1.42 bits per heavy atom. The largest absolute Gasteiger partial charge is 0.513 e. The Morgan fingerprint density at radius 2 is 1.04 bits per heavy atom. The minimum atomic E-state index is -0.952. The smallest absolute Gasteiger partial charge is 0.494 e. The van der Waals surface area contributed by atoms with Crippen LogP contribution >= 0.6 is 23.2 Å². The molecule has 286 valence electrons. The molecule has 0 N–H and O–H groups in total. The number of esters is 3. The third-order valence-electron chi connectivity index (χ3n) is 7.71. The molecule has 0 aliphatic heterocycles. The molecule has 0 spiro atoms. The van der Waals surface area contributed by atoms with E-state index in [1.807, 2.05) is 6.92 Å². The summed E-state index contributed by atoms with van der Waals surface area (Å²) in [4.78, 5) is 60.8. The van der Waals surface area contributed by atoms with Gasteiger partial charge in [-0.05, 0) is 94.7 Å². The maximum atomic E-state index is 12.9. The average Bonchev–Trinajstić information content (AvgIpc) is 3.14. The van der Waals surface area contributed by atoms with E-state index in [0.29, 0.717) is 63.7 Å². The van der Waals surface area contributed by atoms with E-state index in [1.165, 1.54) is 36.4 Å². The lowest BCUT2D eigenvalue weighted by Crippen LogP contribution is -2.30. The van der Waals surface area contributed by atoms with E-state index in [1.54, 1.807) is 12.2 Å². The molecule has 2 aromatic rings. The second-order valence-corrected chi connectivity index (χ2v) is 12.3. The van der Waals surface area contributed by atoms with E-state index < -0.39 is 42.1 Å². The molecule has 3 rings (SSSR count). The zero-order valence-corrected chi connectivity index (χ0v) is 30.8. The summed E-state index contributed by atoms with van der Waals surface area (Å²) in [7, 11) is 0. The molecule has 53 heavy (non-hydrogen) atoms. The monoisotopic (exact) mass is 776 g/mol. The van der Waals surface area contributed by atoms with E-state index in [9.17, 15) is 24.0 Å². The van der Waals surface area contributed by atoms with Gasteiger partial charge < -0.3 is 37.9 Å². The minimum absolute atomic E-state index is 0.0413. The molecule has 0 atom stereocenters. The molecule has 0 aromatic heterocycles. The molecule has 0 unspecified atom stereocenters. The van der Waals surface area contributed by atoms with Crippen LogP contribution in [0.15, 0.2) is 73.5 Å². The number of ether oxygens (including phenoxy) is 8. The highest BCUT2D eigenvalue weighted by Gasteiger charge is 2.33. The average molecular weight is 778 g/mol. The first-order chi connectivity index (χ1) is 25.5. The van der Waals surface area contributed by atoms with Crippen molar-refractivity contribution in [1.82, 2.24) is 0 Å². The number of hydrogen-bond donors (Lipinski definition) is 0. The third-order valence-corrected chi connectivity index (χ3v) is 8.30. The minimum Gasteiger partial charge on any atom is -0.494 e. The lowest BCUT2D eigenvalue weighted by molar-refractivity contribution is -0.145. The SMILES string of the molecule is C=CC(=O)OCCCCOC(=O)Oc1ccc(OC(=O)[C@H]2CC[C@H](C(=O)Oc3ccc(OC(=O)OCCCCOC(C=C)=CC)cc3Cl)CC2)c(Cl)c1. The van der Waals surface area contributed by atoms with Crippen molar-refractivity contribution >= 4 is 53.4 Å². The van der Waals surface area contributed by atoms with Crippen LogP contribution in [0.1, 0.15) is 58.3 Å². The fourth-order valence-electron chi connectivity index (χ4n) is 4.86. The van der Waals surface area contributed by atoms with Crippen LogP contribution in [0.25, 0.3) is 0 Å². The fraction of sp³-hybridized carbons (Fsp3) is 0.395. The predicted octanol–water partition coefficient (Wildman–Crippen LogP) is 8.74. The number of rotatable bonds is 19. The summed E-state index contributed by atoms with van der Waals surface area (Å²) in [5.41, 5.74) is 0. The van der Waals surface area contributed by atoms with Gasteiger partial charge in [-0.25, -0.2) is 14.4 Å². The maximum Gasteiger partial charge on any atom is 0.513 e. The topological polar surface area (TPSA) is 159 Å². The molecular weight excluding hydrogens is 735 g/mol. The molecule has 1 aliphatic rings. The number of hydrogen-bond acceptors (Lipinski definition) is 13. The highest BCUT2D eigenvalue weighted by molar-refractivity contribution is 6.32. The number of benzene rings is 2. The molecule has 1 fully saturated rings. The lowest BCUT2D eigenvalue weighted by atomic mass is 9.82. The Labute approximate surface area is 317 Å². The summed E-state index contributed by atoms with van der Waals surface area (Å²) in [6.07, 6.45) is 6.31. The van der Waals surface area contributed by atoms with Crippen LogP contribution in [-0.2, 0) is 33.3 Å². The van der Waals surface area contributed by atoms with Crippen molar-refractivity contribution in [2.24, 2.45) is 11.8 Å². The normalized spacial score (nSPS) is 15.3. The highest BCUT2D eigenvalue weighted by Crippen LogP contribution is 2.35. The van der Waals surface area contributed by atoms with Gasteiger partial charge in [0.25, 0.3) is 0 Å². The molecule has 15 heteroatoms. The molecule has 0 bridgehead atoms. The zero-order valence-electron chi connectivity index (χ0n) is 29.3. The van der Waals surface area contributed by atoms with Gasteiger partial charge >= 0.3 is 30.2 Å². The molecule has 0 radical (unpaired) electrons. The molecule has 0 heterocycles. The van der Waals surface area contributed by atoms with E-state index in [2.05, 4.69) is 13.2 Å². The molecule has 13 nitrogen and oxygen atoms in total. The van der Waals surface area contributed by atoms with Crippen LogP contribution in [0, 0.1) is 11.8 Å². The molecule has 0 amide bonds. The Balaban J connectivity index is 1.35. The summed E-state index contributed by atoms with van der Waals surface area (Å²) in [6.45, 7) is 9.62. The van der Waals surface area contributed by atoms with Gasteiger partial charge in [-0.15, -0.1) is 0 Å². The Bertz CT molecular complexity index is 1630. The summed E-state index contributed by atoms with van der Waals surface area (Å²) in [5, 5.41) is 0.102. The van der Waals surface area contributed by atoms with Crippen LogP contribution in [-0.4, -0.2) is 56.6 Å². The molecular formula is C38H42Cl2O13. The second kappa shape index (κ2) is 22.8. The van der Waals surface area contributed by atoms with Gasteiger partial charge in [-0.1, -0.05) is 36.4 Å². The molecule has 1 saturated carbocycles. The van der Waals surface area contributed by atoms with Gasteiger partial charge in [-0.2, -0.15) is 0 Å². The molecule has 0 saturated heterocycles. The van der Waals surface area contributed by atoms with E-state index >= 15 is 0 Å². The van der Waals surface area contributed by atoms with Crippen molar-refractivity contribution in [2.75, 3.05) is 26.4 Å². The number of allylic oxidation sites excluding steroid dienone is 2. The van der Waals surface area contributed by atoms with Crippen LogP contribution in [0.4, 0.5) is 9.59 Å². The van der Waals surface area contributed by atoms with E-state index in [0.717, 1.165) is 6.08 Å². The zero-order chi connectivity index (χ0) is 38.6. The summed E-state index contributed by atoms with van der Waals surface area (Å²) < 4.78 is 41.6. The Kier molecular flexibility index (Phi) is 18.3. The van der Waals surface area contributed by atoms with Crippen molar-refractivity contribution in [3.8, 4) is 23.0 Å². The highest BCUT2D eigenvalue weighted by atomic mass is 35.5. The predicted molar refractivity (Wildman–Crippen MR) is 193 cm³/mol. The number of carbonyl (C=O) groups is 5. The van der Waals surface area contributed by atoms with Crippen molar-refractivity contribution in [3.05, 3.63) is 83.6 Å². The second-order valence-electron chi connectivity index (χ2n) is 11.5. The van der Waals surface area contributed by atoms with Crippen molar-refractivity contribution in [3.63, 3.8) is 0 Å². The van der Waals surface area contributed by atoms with Gasteiger partial charge in [0.2, 0.25) is 0 Å². The first-order valence-corrected chi connectivity index (χ1v) is 17.7. The maximum absolute atomic E-state index is 12.9. The Hall–Kier alpha value is -5.01. The van der Waals surface area contributed by atoms with E-state index in [4.69, 9.17) is 61.1 Å². The number of carbonyl (C=O) groups excluding carboxylic acids is 5.